The molecule has 1 unspecified atom stereocenters. The van der Waals surface area contributed by atoms with Crippen LogP contribution in [0.2, 0.25) is 0 Å². The maximum absolute atomic E-state index is 3.78. The number of fused-ring (bicyclic) bond motifs is 8. The third-order valence-electron chi connectivity index (χ3n) is 7.53. The van der Waals surface area contributed by atoms with Crippen molar-refractivity contribution < 1.29 is 0 Å². The molecule has 0 aliphatic heterocycles. The highest BCUT2D eigenvalue weighted by molar-refractivity contribution is 9.10. The third-order valence-corrected chi connectivity index (χ3v) is 8.19. The smallest absolute Gasteiger partial charge is 0.0464 e. The van der Waals surface area contributed by atoms with E-state index >= 15 is 0 Å². The van der Waals surface area contributed by atoms with Gasteiger partial charge in [0.25, 0.3) is 0 Å². The zero-order valence-electron chi connectivity index (χ0n) is 20.2. The molecule has 1 N–H and O–H groups in total. The molecule has 0 amide bonds. The van der Waals surface area contributed by atoms with Crippen LogP contribution in [0.4, 0.5) is 0 Å². The first-order valence-electron chi connectivity index (χ1n) is 12.3. The van der Waals surface area contributed by atoms with Crippen LogP contribution in [0, 0.1) is 0 Å². The summed E-state index contributed by atoms with van der Waals surface area (Å²) < 4.78 is 1.20. The summed E-state index contributed by atoms with van der Waals surface area (Å²) in [7, 11) is 4.40. The normalized spacial score (nSPS) is 15.5. The Labute approximate surface area is 214 Å². The number of nitrogens with one attached hydrogen (secondary N) is 1. The van der Waals surface area contributed by atoms with Crippen molar-refractivity contribution in [3.05, 3.63) is 107 Å². The highest BCUT2D eigenvalue weighted by atomic mass is 79.9. The summed E-state index contributed by atoms with van der Waals surface area (Å²) in [5.41, 5.74) is 5.51. The van der Waals surface area contributed by atoms with E-state index in [1.165, 1.54) is 66.2 Å². The molecule has 5 aromatic carbocycles. The van der Waals surface area contributed by atoms with Gasteiger partial charge in [0.15, 0.2) is 0 Å². The van der Waals surface area contributed by atoms with Crippen LogP contribution >= 0.6 is 15.9 Å². The second-order valence-corrected chi connectivity index (χ2v) is 10.6. The van der Waals surface area contributed by atoms with Gasteiger partial charge >= 0.3 is 0 Å². The Kier molecular flexibility index (Phi) is 5.83. The van der Waals surface area contributed by atoms with E-state index in [1.54, 1.807) is 5.56 Å². The third kappa shape index (κ3) is 4.03. The van der Waals surface area contributed by atoms with E-state index in [4.69, 9.17) is 0 Å². The van der Waals surface area contributed by atoms with Gasteiger partial charge in [0.2, 0.25) is 0 Å². The Hall–Kier alpha value is -3.14. The van der Waals surface area contributed by atoms with Gasteiger partial charge in [-0.15, -0.1) is 0 Å². The van der Waals surface area contributed by atoms with Gasteiger partial charge in [0.05, 0.1) is 0 Å². The molecular formula is C32H29BrN2. The SMILES string of the molecule is CN(C)C1CCc2ccc3c(cc(Br)c4ccccc43)c2C1.c1ccc2c(c1)[nH]c1ccccc12. The molecule has 1 atom stereocenters. The van der Waals surface area contributed by atoms with Gasteiger partial charge in [0.1, 0.15) is 0 Å². The molecule has 6 aromatic rings. The highest BCUT2D eigenvalue weighted by Gasteiger charge is 2.22. The molecule has 2 nitrogen and oxygen atoms in total. The van der Waals surface area contributed by atoms with Crippen LogP contribution in [0.15, 0.2) is 95.5 Å². The van der Waals surface area contributed by atoms with Crippen molar-refractivity contribution in [2.24, 2.45) is 0 Å². The standard InChI is InChI=1S/C20H20BrN.C12H9N/c1-22(2)14-9-7-13-8-10-16-15-5-3-4-6-17(15)20(21)12-19(16)18(13)11-14;1-3-7-11-9(5-1)10-6-2-4-8-12(10)13-11/h3-6,8,10,12,14H,7,9,11H2,1-2H3;1-8,13H. The summed E-state index contributed by atoms with van der Waals surface area (Å²) in [6, 6.07) is 33.1. The van der Waals surface area contributed by atoms with Crippen molar-refractivity contribution in [3.63, 3.8) is 0 Å². The van der Waals surface area contributed by atoms with E-state index < -0.39 is 0 Å². The van der Waals surface area contributed by atoms with Gasteiger partial charge in [-0.2, -0.15) is 0 Å². The number of rotatable bonds is 1. The molecule has 0 fully saturated rings. The molecule has 0 saturated heterocycles. The summed E-state index contributed by atoms with van der Waals surface area (Å²) in [4.78, 5) is 5.75. The number of halogens is 1. The first kappa shape index (κ1) is 22.3. The van der Waals surface area contributed by atoms with Gasteiger partial charge in [0, 0.05) is 32.3 Å². The highest BCUT2D eigenvalue weighted by Crippen LogP contribution is 2.37. The molecule has 1 aliphatic carbocycles. The van der Waals surface area contributed by atoms with Gasteiger partial charge in [-0.1, -0.05) is 88.7 Å². The zero-order valence-corrected chi connectivity index (χ0v) is 21.8. The van der Waals surface area contributed by atoms with E-state index in [0.717, 1.165) is 6.42 Å². The largest absolute Gasteiger partial charge is 0.355 e. The minimum Gasteiger partial charge on any atom is -0.355 e. The number of aromatic amines is 1. The first-order valence-corrected chi connectivity index (χ1v) is 13.1. The summed E-state index contributed by atoms with van der Waals surface area (Å²) in [5, 5.41) is 8.07. The van der Waals surface area contributed by atoms with Crippen LogP contribution in [0.1, 0.15) is 17.5 Å². The molecule has 0 spiro atoms. The summed E-state index contributed by atoms with van der Waals surface area (Å²) in [5.74, 6) is 0. The Balaban J connectivity index is 0.000000149. The summed E-state index contributed by atoms with van der Waals surface area (Å²) >= 11 is 3.78. The van der Waals surface area contributed by atoms with Crippen molar-refractivity contribution in [2.45, 2.75) is 25.3 Å². The number of hydrogen-bond donors (Lipinski definition) is 1. The quantitative estimate of drug-likeness (QED) is 0.215. The molecule has 1 aromatic heterocycles. The average Bonchev–Trinajstić information content (AvgIpc) is 3.28. The fraction of sp³-hybridized carbons (Fsp3) is 0.188. The molecule has 3 heteroatoms. The van der Waals surface area contributed by atoms with Crippen LogP contribution in [0.25, 0.3) is 43.4 Å². The number of aryl methyl sites for hydroxylation is 1. The van der Waals surface area contributed by atoms with E-state index in [9.17, 15) is 0 Å². The Bertz CT molecular complexity index is 1630. The van der Waals surface area contributed by atoms with Gasteiger partial charge in [-0.25, -0.2) is 0 Å². The maximum Gasteiger partial charge on any atom is 0.0464 e. The Morgan fingerprint density at radius 1 is 0.686 bits per heavy atom. The van der Waals surface area contributed by atoms with Crippen LogP contribution < -0.4 is 0 Å². The molecule has 0 radical (unpaired) electrons. The van der Waals surface area contributed by atoms with Crippen molar-refractivity contribution in [2.75, 3.05) is 14.1 Å². The molecule has 174 valence electrons. The van der Waals surface area contributed by atoms with Crippen molar-refractivity contribution in [1.29, 1.82) is 0 Å². The average molecular weight is 522 g/mol. The first-order chi connectivity index (χ1) is 17.1. The number of para-hydroxylation sites is 2. The van der Waals surface area contributed by atoms with E-state index in [-0.39, 0.29) is 0 Å². The van der Waals surface area contributed by atoms with Gasteiger partial charge < -0.3 is 9.88 Å². The number of aromatic nitrogens is 1. The molecule has 0 bridgehead atoms. The predicted octanol–water partition coefficient (Wildman–Crippen LogP) is 8.50. The van der Waals surface area contributed by atoms with E-state index in [1.807, 2.05) is 0 Å². The summed E-state index contributed by atoms with van der Waals surface area (Å²) in [6.07, 6.45) is 3.61. The lowest BCUT2D eigenvalue weighted by Gasteiger charge is -2.31. The van der Waals surface area contributed by atoms with E-state index in [2.05, 4.69) is 131 Å². The second kappa shape index (κ2) is 9.14. The maximum atomic E-state index is 3.78. The van der Waals surface area contributed by atoms with E-state index in [0.29, 0.717) is 6.04 Å². The number of H-pyrrole nitrogens is 1. The van der Waals surface area contributed by atoms with Gasteiger partial charge in [-0.05, 0) is 84.2 Å². The number of benzene rings is 5. The fourth-order valence-electron chi connectivity index (χ4n) is 5.62. The second-order valence-electron chi connectivity index (χ2n) is 9.78. The molecule has 1 heterocycles. The predicted molar refractivity (Wildman–Crippen MR) is 154 cm³/mol. The van der Waals surface area contributed by atoms with Crippen molar-refractivity contribution in [1.82, 2.24) is 9.88 Å². The topological polar surface area (TPSA) is 19.0 Å². The minimum atomic E-state index is 0.656. The van der Waals surface area contributed by atoms with Crippen molar-refractivity contribution >= 4 is 59.3 Å². The van der Waals surface area contributed by atoms with Crippen LogP contribution in [-0.4, -0.2) is 30.0 Å². The molecule has 0 saturated carbocycles. The molecule has 7 rings (SSSR count). The fourth-order valence-corrected chi connectivity index (χ4v) is 6.19. The Morgan fingerprint density at radius 3 is 1.91 bits per heavy atom. The Morgan fingerprint density at radius 2 is 1.26 bits per heavy atom. The monoisotopic (exact) mass is 520 g/mol. The van der Waals surface area contributed by atoms with Crippen molar-refractivity contribution in [3.8, 4) is 0 Å². The van der Waals surface area contributed by atoms with Crippen LogP contribution in [-0.2, 0) is 12.8 Å². The molecule has 1 aliphatic rings. The number of nitrogens with zero attached hydrogens (tertiary/aromatic N) is 1. The van der Waals surface area contributed by atoms with Crippen LogP contribution in [0.5, 0.6) is 0 Å². The lowest BCUT2D eigenvalue weighted by atomic mass is 9.84. The van der Waals surface area contributed by atoms with Gasteiger partial charge in [-0.3, -0.25) is 0 Å². The lowest BCUT2D eigenvalue weighted by Crippen LogP contribution is -2.33. The minimum absolute atomic E-state index is 0.656. The molecular weight excluding hydrogens is 492 g/mol. The van der Waals surface area contributed by atoms with Crippen LogP contribution in [0.3, 0.4) is 0 Å². The number of likely N-dealkylation sites (N-methyl/N-ethyl adjacent to an activating group) is 1. The lowest BCUT2D eigenvalue weighted by molar-refractivity contribution is 0.269. The summed E-state index contributed by atoms with van der Waals surface area (Å²) in [6.45, 7) is 0. The number of hydrogen-bond acceptors (Lipinski definition) is 1. The molecule has 35 heavy (non-hydrogen) atoms. The zero-order chi connectivity index (χ0) is 23.9.